The van der Waals surface area contributed by atoms with Gasteiger partial charge in [-0.3, -0.25) is 4.79 Å². The Morgan fingerprint density at radius 3 is 2.50 bits per heavy atom. The molecule has 0 bridgehead atoms. The molecule has 1 aliphatic heterocycles. The highest BCUT2D eigenvalue weighted by Gasteiger charge is 2.49. The number of nitrogens with one attached hydrogen (secondary N) is 2. The van der Waals surface area contributed by atoms with E-state index in [1.807, 2.05) is 36.4 Å². The fraction of sp³-hybridized carbons (Fsp3) is 0.348. The number of ether oxygens (including phenoxy) is 3. The predicted octanol–water partition coefficient (Wildman–Crippen LogP) is 2.34. The summed E-state index contributed by atoms with van der Waals surface area (Å²) in [5.41, 5.74) is 5.31. The highest BCUT2D eigenvalue weighted by Crippen LogP contribution is 2.26. The van der Waals surface area contributed by atoms with Crippen molar-refractivity contribution in [2.45, 2.75) is 39.2 Å². The molecular formula is C23H27N3O6. The second-order valence-electron chi connectivity index (χ2n) is 7.54. The van der Waals surface area contributed by atoms with Gasteiger partial charge < -0.3 is 24.7 Å². The zero-order valence-electron chi connectivity index (χ0n) is 18.5. The molecule has 9 heteroatoms. The molecule has 0 spiro atoms. The van der Waals surface area contributed by atoms with Crippen LogP contribution in [0, 0.1) is 5.21 Å². The molecule has 0 unspecified atom stereocenters. The van der Waals surface area contributed by atoms with Gasteiger partial charge in [-0.1, -0.05) is 42.5 Å². The first kappa shape index (κ1) is 23.1. The summed E-state index contributed by atoms with van der Waals surface area (Å²) in [4.78, 5) is 25.2. The van der Waals surface area contributed by atoms with Crippen LogP contribution in [0.2, 0.25) is 0 Å². The van der Waals surface area contributed by atoms with E-state index in [-0.39, 0.29) is 18.4 Å². The lowest BCUT2D eigenvalue weighted by Crippen LogP contribution is -2.42. The van der Waals surface area contributed by atoms with Crippen LogP contribution in [0.15, 0.2) is 48.5 Å². The first-order chi connectivity index (χ1) is 15.3. The molecule has 3 rings (SSSR count). The van der Waals surface area contributed by atoms with Gasteiger partial charge in [-0.2, -0.15) is 5.43 Å². The summed E-state index contributed by atoms with van der Waals surface area (Å²) in [6.45, 7) is 5.54. The van der Waals surface area contributed by atoms with Crippen LogP contribution in [-0.4, -0.2) is 48.2 Å². The number of carbonyl (C=O) groups is 2. The molecule has 0 aromatic heterocycles. The molecule has 2 aromatic carbocycles. The van der Waals surface area contributed by atoms with Crippen LogP contribution in [0.3, 0.4) is 0 Å². The lowest BCUT2D eigenvalue weighted by Gasteiger charge is -2.14. The smallest absolute Gasteiger partial charge is 0.419 e. The van der Waals surface area contributed by atoms with Crippen molar-refractivity contribution in [1.82, 2.24) is 10.7 Å². The second-order valence-corrected chi connectivity index (χ2v) is 7.54. The minimum absolute atomic E-state index is 0.152. The van der Waals surface area contributed by atoms with Crippen molar-refractivity contribution >= 4 is 17.8 Å². The predicted molar refractivity (Wildman–Crippen MR) is 117 cm³/mol. The molecule has 32 heavy (non-hydrogen) atoms. The monoisotopic (exact) mass is 441 g/mol. The maximum absolute atomic E-state index is 12.6. The third-order valence-electron chi connectivity index (χ3n) is 4.77. The molecule has 2 N–H and O–H groups in total. The molecule has 1 atom stereocenters. The van der Waals surface area contributed by atoms with Gasteiger partial charge in [0.05, 0.1) is 19.2 Å². The lowest BCUT2D eigenvalue weighted by atomic mass is 9.98. The van der Waals surface area contributed by atoms with E-state index in [2.05, 4.69) is 10.7 Å². The maximum Gasteiger partial charge on any atom is 0.419 e. The molecule has 1 saturated heterocycles. The van der Waals surface area contributed by atoms with E-state index in [4.69, 9.17) is 14.2 Å². The standard InChI is InChI=1S/C23H27N3O6/c1-5-30-22(28)18-9-7-6-8-17(18)16-12-10-15(11-13-16)14-25-20(27)19-21(26(29)24-4)32-23(2,3)31-19/h6-13,19,24H,5,14H2,1-4H3,(H,25,27)/b26-21+/t19-/m0/s1. The van der Waals surface area contributed by atoms with Gasteiger partial charge in [0.1, 0.15) is 0 Å². The van der Waals surface area contributed by atoms with Crippen LogP contribution in [-0.2, 0) is 25.5 Å². The first-order valence-electron chi connectivity index (χ1n) is 10.3. The lowest BCUT2D eigenvalue weighted by molar-refractivity contribution is -0.527. The van der Waals surface area contributed by atoms with Crippen molar-refractivity contribution in [3.63, 3.8) is 0 Å². The number of nitrogens with zero attached hydrogens (tertiary/aromatic N) is 1. The Balaban J connectivity index is 1.70. The molecular weight excluding hydrogens is 414 g/mol. The molecule has 1 fully saturated rings. The number of hydrazone groups is 1. The fourth-order valence-electron chi connectivity index (χ4n) is 3.29. The van der Waals surface area contributed by atoms with Gasteiger partial charge in [0.25, 0.3) is 12.0 Å². The molecule has 0 saturated carbocycles. The Bertz CT molecular complexity index is 1020. The number of hydrazine groups is 1. The number of hydrogen-bond donors (Lipinski definition) is 2. The average Bonchev–Trinajstić information content (AvgIpc) is 3.13. The van der Waals surface area contributed by atoms with Gasteiger partial charge in [0.2, 0.25) is 5.79 Å². The molecule has 1 amide bonds. The van der Waals surface area contributed by atoms with E-state index < -0.39 is 17.8 Å². The molecule has 1 heterocycles. The van der Waals surface area contributed by atoms with E-state index in [1.165, 1.54) is 7.05 Å². The minimum atomic E-state index is -1.16. The summed E-state index contributed by atoms with van der Waals surface area (Å²) in [5.74, 6) is -2.10. The molecule has 0 aliphatic carbocycles. The summed E-state index contributed by atoms with van der Waals surface area (Å²) >= 11 is 0. The van der Waals surface area contributed by atoms with Crippen LogP contribution >= 0.6 is 0 Å². The van der Waals surface area contributed by atoms with E-state index in [9.17, 15) is 14.8 Å². The van der Waals surface area contributed by atoms with Gasteiger partial charge in [0.15, 0.2) is 0 Å². The highest BCUT2D eigenvalue weighted by molar-refractivity contribution is 6.02. The SMILES string of the molecule is CCOC(=O)c1ccccc1-c1ccc(CNC(=O)[C@@H]2OC(C)(C)O/C2=[N+](/[O-])NC)cc1. The topological polar surface area (TPSA) is 112 Å². The normalized spacial score (nSPS) is 18.4. The first-order valence-corrected chi connectivity index (χ1v) is 10.3. The average molecular weight is 441 g/mol. The fourth-order valence-corrected chi connectivity index (χ4v) is 3.29. The van der Waals surface area contributed by atoms with Crippen molar-refractivity contribution in [3.05, 3.63) is 64.9 Å². The van der Waals surface area contributed by atoms with Crippen molar-refractivity contribution in [2.24, 2.45) is 0 Å². The molecule has 1 aliphatic rings. The van der Waals surface area contributed by atoms with Crippen LogP contribution in [0.5, 0.6) is 0 Å². The Kier molecular flexibility index (Phi) is 6.99. The van der Waals surface area contributed by atoms with Crippen molar-refractivity contribution in [1.29, 1.82) is 0 Å². The Labute approximate surface area is 186 Å². The highest BCUT2D eigenvalue weighted by atomic mass is 16.8. The number of carbonyl (C=O) groups excluding carboxylic acids is 2. The summed E-state index contributed by atoms with van der Waals surface area (Å²) in [6, 6.07) is 14.7. The van der Waals surface area contributed by atoms with Crippen LogP contribution in [0.1, 0.15) is 36.7 Å². The number of esters is 1. The van der Waals surface area contributed by atoms with Crippen LogP contribution < -0.4 is 10.7 Å². The van der Waals surface area contributed by atoms with Crippen LogP contribution in [0.25, 0.3) is 11.1 Å². The second kappa shape index (κ2) is 9.69. The summed E-state index contributed by atoms with van der Waals surface area (Å²) in [7, 11) is 1.42. The number of rotatable bonds is 7. The van der Waals surface area contributed by atoms with E-state index in [0.29, 0.717) is 17.0 Å². The number of hydrogen-bond acceptors (Lipinski definition) is 7. The zero-order valence-corrected chi connectivity index (χ0v) is 18.5. The minimum Gasteiger partial charge on any atom is -0.594 e. The number of amides is 1. The van der Waals surface area contributed by atoms with Gasteiger partial charge in [0, 0.05) is 20.4 Å². The molecule has 2 aromatic rings. The van der Waals surface area contributed by atoms with Crippen molar-refractivity contribution in [2.75, 3.05) is 13.7 Å². The zero-order chi connectivity index (χ0) is 23.3. The van der Waals surface area contributed by atoms with E-state index in [1.54, 1.807) is 32.9 Å². The Morgan fingerprint density at radius 2 is 1.84 bits per heavy atom. The Hall–Kier alpha value is -3.59. The van der Waals surface area contributed by atoms with Gasteiger partial charge in [-0.15, -0.1) is 0 Å². The van der Waals surface area contributed by atoms with Crippen molar-refractivity contribution in [3.8, 4) is 11.1 Å². The molecule has 170 valence electrons. The summed E-state index contributed by atoms with van der Waals surface area (Å²) in [6.07, 6.45) is -1.16. The van der Waals surface area contributed by atoms with Gasteiger partial charge in [-0.25, -0.2) is 4.79 Å². The van der Waals surface area contributed by atoms with Gasteiger partial charge in [-0.05, 0) is 34.5 Å². The van der Waals surface area contributed by atoms with Crippen molar-refractivity contribution < 1.29 is 28.6 Å². The Morgan fingerprint density at radius 1 is 1.16 bits per heavy atom. The summed E-state index contributed by atoms with van der Waals surface area (Å²) in [5, 5.41) is 14.7. The maximum atomic E-state index is 12.6. The number of benzene rings is 2. The van der Waals surface area contributed by atoms with E-state index >= 15 is 0 Å². The quantitative estimate of drug-likeness (QED) is 0.294. The third kappa shape index (κ3) is 5.17. The van der Waals surface area contributed by atoms with Gasteiger partial charge >= 0.3 is 11.9 Å². The van der Waals surface area contributed by atoms with E-state index in [0.717, 1.165) is 16.7 Å². The summed E-state index contributed by atoms with van der Waals surface area (Å²) < 4.78 is 16.2. The molecule has 9 nitrogen and oxygen atoms in total. The van der Waals surface area contributed by atoms with Crippen LogP contribution in [0.4, 0.5) is 0 Å². The molecule has 0 radical (unpaired) electrons. The third-order valence-corrected chi connectivity index (χ3v) is 4.77. The largest absolute Gasteiger partial charge is 0.594 e.